The molecule has 0 aromatic heterocycles. The predicted molar refractivity (Wildman–Crippen MR) is 98.2 cm³/mol. The summed E-state index contributed by atoms with van der Waals surface area (Å²) in [5.74, 6) is -0.299. The summed E-state index contributed by atoms with van der Waals surface area (Å²) >= 11 is 0. The number of amides is 2. The molecule has 0 aromatic carbocycles. The Morgan fingerprint density at radius 3 is 1.83 bits per heavy atom. The third kappa shape index (κ3) is 18.9. The highest BCUT2D eigenvalue weighted by atomic mass is 16.6. The maximum Gasteiger partial charge on any atom is 0.243 e. The Balaban J connectivity index is 3.17. The molecule has 0 bridgehead atoms. The van der Waals surface area contributed by atoms with Gasteiger partial charge in [-0.15, -0.1) is 0 Å². The van der Waals surface area contributed by atoms with Crippen molar-refractivity contribution in [2.75, 3.05) is 6.61 Å². The van der Waals surface area contributed by atoms with Crippen LogP contribution in [0.5, 0.6) is 0 Å². The Kier molecular flexibility index (Phi) is 17.4. The van der Waals surface area contributed by atoms with Crippen LogP contribution < -0.4 is 11.2 Å². The molecular formula is C19H38N2O3. The zero-order valence-corrected chi connectivity index (χ0v) is 15.6. The zero-order chi connectivity index (χ0) is 17.9. The SMILES string of the molecule is CCCCCCCCCCCCC(=O)NOCCCCCC(N)=O. The van der Waals surface area contributed by atoms with Gasteiger partial charge in [0.05, 0.1) is 6.61 Å². The van der Waals surface area contributed by atoms with Crippen LogP contribution in [0.15, 0.2) is 0 Å². The van der Waals surface area contributed by atoms with Gasteiger partial charge in [-0.3, -0.25) is 14.4 Å². The van der Waals surface area contributed by atoms with Crippen molar-refractivity contribution in [3.05, 3.63) is 0 Å². The molecule has 142 valence electrons. The van der Waals surface area contributed by atoms with Gasteiger partial charge in [0.15, 0.2) is 0 Å². The van der Waals surface area contributed by atoms with Crippen molar-refractivity contribution in [2.45, 2.75) is 103 Å². The number of hydroxylamine groups is 1. The van der Waals surface area contributed by atoms with Crippen molar-refractivity contribution in [3.8, 4) is 0 Å². The molecule has 0 saturated carbocycles. The highest BCUT2D eigenvalue weighted by Crippen LogP contribution is 2.11. The summed E-state index contributed by atoms with van der Waals surface area (Å²) in [5, 5.41) is 0. The molecule has 3 N–H and O–H groups in total. The first-order valence-electron chi connectivity index (χ1n) is 9.85. The molecule has 0 unspecified atom stereocenters. The standard InChI is InChI=1S/C19H38N2O3/c1-2-3-4-5-6-7-8-9-10-13-16-19(23)21-24-17-14-11-12-15-18(20)22/h2-17H2,1H3,(H2,20,22)(H,21,23). The highest BCUT2D eigenvalue weighted by Gasteiger charge is 2.01. The summed E-state index contributed by atoms with van der Waals surface area (Å²) in [6.45, 7) is 2.73. The lowest BCUT2D eigenvalue weighted by Gasteiger charge is -2.06. The Morgan fingerprint density at radius 2 is 1.25 bits per heavy atom. The molecular weight excluding hydrogens is 304 g/mol. The first-order chi connectivity index (χ1) is 11.7. The van der Waals surface area contributed by atoms with Crippen LogP contribution in [0.1, 0.15) is 103 Å². The number of carbonyl (C=O) groups is 2. The molecule has 0 saturated heterocycles. The summed E-state index contributed by atoms with van der Waals surface area (Å²) in [5.41, 5.74) is 7.54. The zero-order valence-electron chi connectivity index (χ0n) is 15.6. The Bertz CT molecular complexity index is 309. The molecule has 0 aliphatic heterocycles. The number of nitrogens with two attached hydrogens (primary N) is 1. The van der Waals surface area contributed by atoms with E-state index in [0.717, 1.165) is 32.1 Å². The van der Waals surface area contributed by atoms with Gasteiger partial charge in [-0.2, -0.15) is 0 Å². The number of hydrogen-bond donors (Lipinski definition) is 2. The van der Waals surface area contributed by atoms with E-state index in [2.05, 4.69) is 12.4 Å². The average Bonchev–Trinajstić information content (AvgIpc) is 2.55. The fourth-order valence-electron chi connectivity index (χ4n) is 2.61. The number of unbranched alkanes of at least 4 members (excludes halogenated alkanes) is 11. The Labute approximate surface area is 148 Å². The van der Waals surface area contributed by atoms with E-state index in [9.17, 15) is 9.59 Å². The van der Waals surface area contributed by atoms with Gasteiger partial charge in [0.1, 0.15) is 0 Å². The van der Waals surface area contributed by atoms with Gasteiger partial charge in [0.25, 0.3) is 0 Å². The molecule has 24 heavy (non-hydrogen) atoms. The third-order valence-corrected chi connectivity index (χ3v) is 4.11. The topological polar surface area (TPSA) is 81.4 Å². The van der Waals surface area contributed by atoms with Gasteiger partial charge in [-0.25, -0.2) is 5.48 Å². The van der Waals surface area contributed by atoms with Crippen LogP contribution in [0.2, 0.25) is 0 Å². The van der Waals surface area contributed by atoms with Crippen LogP contribution in [-0.4, -0.2) is 18.4 Å². The van der Waals surface area contributed by atoms with E-state index in [1.165, 1.54) is 51.4 Å². The van der Waals surface area contributed by atoms with Crippen molar-refractivity contribution < 1.29 is 14.4 Å². The summed E-state index contributed by atoms with van der Waals surface area (Å²) in [6, 6.07) is 0. The van der Waals surface area contributed by atoms with Crippen molar-refractivity contribution in [2.24, 2.45) is 5.73 Å². The minimum absolute atomic E-state index is 0.0355. The molecule has 0 spiro atoms. The highest BCUT2D eigenvalue weighted by molar-refractivity contribution is 5.74. The van der Waals surface area contributed by atoms with Crippen molar-refractivity contribution >= 4 is 11.8 Å². The van der Waals surface area contributed by atoms with Gasteiger partial charge in [0, 0.05) is 12.8 Å². The van der Waals surface area contributed by atoms with Crippen molar-refractivity contribution in [3.63, 3.8) is 0 Å². The molecule has 0 radical (unpaired) electrons. The third-order valence-electron chi connectivity index (χ3n) is 4.11. The van der Waals surface area contributed by atoms with E-state index in [1.807, 2.05) is 0 Å². The van der Waals surface area contributed by atoms with Crippen LogP contribution in [-0.2, 0) is 14.4 Å². The lowest BCUT2D eigenvalue weighted by Crippen LogP contribution is -2.23. The van der Waals surface area contributed by atoms with Gasteiger partial charge < -0.3 is 5.73 Å². The van der Waals surface area contributed by atoms with Gasteiger partial charge in [0.2, 0.25) is 11.8 Å². The van der Waals surface area contributed by atoms with E-state index in [-0.39, 0.29) is 11.8 Å². The number of hydrogen-bond acceptors (Lipinski definition) is 3. The largest absolute Gasteiger partial charge is 0.370 e. The van der Waals surface area contributed by atoms with Gasteiger partial charge in [-0.1, -0.05) is 71.1 Å². The molecule has 0 fully saturated rings. The molecule has 0 aliphatic rings. The summed E-state index contributed by atoms with van der Waals surface area (Å²) < 4.78 is 0. The fourth-order valence-corrected chi connectivity index (χ4v) is 2.61. The Hall–Kier alpha value is -1.10. The van der Waals surface area contributed by atoms with E-state index in [0.29, 0.717) is 19.4 Å². The second kappa shape index (κ2) is 18.2. The fraction of sp³-hybridized carbons (Fsp3) is 0.895. The number of primary amides is 1. The number of nitrogens with one attached hydrogen (secondary N) is 1. The molecule has 0 aliphatic carbocycles. The molecule has 0 atom stereocenters. The first kappa shape index (κ1) is 22.9. The lowest BCUT2D eigenvalue weighted by molar-refractivity contribution is -0.133. The maximum atomic E-state index is 11.6. The van der Waals surface area contributed by atoms with Crippen LogP contribution in [0.3, 0.4) is 0 Å². The quantitative estimate of drug-likeness (QED) is 0.286. The van der Waals surface area contributed by atoms with E-state index in [4.69, 9.17) is 10.6 Å². The molecule has 5 nitrogen and oxygen atoms in total. The molecule has 5 heteroatoms. The Morgan fingerprint density at radius 1 is 0.750 bits per heavy atom. The van der Waals surface area contributed by atoms with E-state index >= 15 is 0 Å². The number of carbonyl (C=O) groups excluding carboxylic acids is 2. The number of rotatable bonds is 18. The second-order valence-corrected chi connectivity index (χ2v) is 6.58. The normalized spacial score (nSPS) is 10.7. The first-order valence-corrected chi connectivity index (χ1v) is 9.85. The van der Waals surface area contributed by atoms with Gasteiger partial charge >= 0.3 is 0 Å². The predicted octanol–water partition coefficient (Wildman–Crippen LogP) is 4.39. The smallest absolute Gasteiger partial charge is 0.243 e. The monoisotopic (exact) mass is 342 g/mol. The summed E-state index contributed by atoms with van der Waals surface area (Å²) in [6.07, 6.45) is 16.1. The molecule has 0 rings (SSSR count). The van der Waals surface area contributed by atoms with Crippen LogP contribution in [0, 0.1) is 0 Å². The summed E-state index contributed by atoms with van der Waals surface area (Å²) in [4.78, 5) is 27.2. The van der Waals surface area contributed by atoms with Gasteiger partial charge in [-0.05, 0) is 19.3 Å². The molecule has 0 heterocycles. The van der Waals surface area contributed by atoms with E-state index in [1.54, 1.807) is 0 Å². The summed E-state index contributed by atoms with van der Waals surface area (Å²) in [7, 11) is 0. The minimum Gasteiger partial charge on any atom is -0.370 e. The van der Waals surface area contributed by atoms with E-state index < -0.39 is 0 Å². The minimum atomic E-state index is -0.263. The average molecular weight is 343 g/mol. The molecule has 0 aromatic rings. The molecule has 2 amide bonds. The van der Waals surface area contributed by atoms with Crippen LogP contribution in [0.4, 0.5) is 0 Å². The van der Waals surface area contributed by atoms with Crippen molar-refractivity contribution in [1.82, 2.24) is 5.48 Å². The van der Waals surface area contributed by atoms with Crippen LogP contribution >= 0.6 is 0 Å². The van der Waals surface area contributed by atoms with Crippen molar-refractivity contribution in [1.29, 1.82) is 0 Å². The second-order valence-electron chi connectivity index (χ2n) is 6.58. The maximum absolute atomic E-state index is 11.6. The lowest BCUT2D eigenvalue weighted by atomic mass is 10.1. The van der Waals surface area contributed by atoms with Crippen LogP contribution in [0.25, 0.3) is 0 Å².